The Morgan fingerprint density at radius 1 is 1.43 bits per heavy atom. The summed E-state index contributed by atoms with van der Waals surface area (Å²) < 4.78 is 26.1. The van der Waals surface area contributed by atoms with Crippen molar-refractivity contribution in [2.75, 3.05) is 6.54 Å². The first-order chi connectivity index (χ1) is 9.90. The Balaban J connectivity index is 2.06. The van der Waals surface area contributed by atoms with E-state index >= 15 is 0 Å². The summed E-state index contributed by atoms with van der Waals surface area (Å²) >= 11 is 1.39. The summed E-state index contributed by atoms with van der Waals surface area (Å²) in [7, 11) is -3.88. The number of aliphatic hydroxyl groups excluding tert-OH is 1. The van der Waals surface area contributed by atoms with Gasteiger partial charge in [-0.3, -0.25) is 0 Å². The molecular weight excluding hydrogens is 318 g/mol. The Kier molecular flexibility index (Phi) is 4.63. The zero-order chi connectivity index (χ0) is 15.5. The fourth-order valence-electron chi connectivity index (χ4n) is 1.49. The molecule has 0 amide bonds. The van der Waals surface area contributed by atoms with Gasteiger partial charge in [-0.05, 0) is 38.4 Å². The Hall–Kier alpha value is -1.88. The first kappa shape index (κ1) is 15.5. The largest absolute Gasteiger partial charge is 0.387 e. The molecule has 0 aliphatic heterocycles. The minimum absolute atomic E-state index is 0.198. The summed E-state index contributed by atoms with van der Waals surface area (Å²) in [6.45, 7) is -0.198. The molecule has 2 rings (SSSR count). The third-order valence-corrected chi connectivity index (χ3v) is 4.72. The summed E-state index contributed by atoms with van der Waals surface area (Å²) in [6, 6.07) is 3.78. The van der Waals surface area contributed by atoms with Crippen LogP contribution in [0.5, 0.6) is 0 Å². The maximum Gasteiger partial charge on any atom is 0.363 e. The van der Waals surface area contributed by atoms with Crippen LogP contribution in [0.15, 0.2) is 40.1 Å². The number of hydrogen-bond acceptors (Lipinski definition) is 7. The molecule has 1 atom stereocenters. The van der Waals surface area contributed by atoms with Gasteiger partial charge in [0.1, 0.15) is 4.90 Å². The second kappa shape index (κ2) is 6.26. The number of nitrogens with zero attached hydrogens (tertiary/aromatic N) is 2. The van der Waals surface area contributed by atoms with E-state index in [-0.39, 0.29) is 11.4 Å². The van der Waals surface area contributed by atoms with E-state index in [4.69, 9.17) is 0 Å². The molecule has 2 aromatic heterocycles. The van der Waals surface area contributed by atoms with Gasteiger partial charge >= 0.3 is 5.82 Å². The number of nitro groups is 1. The molecule has 0 fully saturated rings. The minimum atomic E-state index is -3.88. The first-order valence-electron chi connectivity index (χ1n) is 5.70. The number of thiophene rings is 1. The Labute approximate surface area is 124 Å². The molecule has 0 saturated heterocycles. The van der Waals surface area contributed by atoms with Crippen molar-refractivity contribution >= 4 is 27.2 Å². The summed E-state index contributed by atoms with van der Waals surface area (Å²) in [5.74, 6) is -0.438. The topological polar surface area (TPSA) is 122 Å². The van der Waals surface area contributed by atoms with Crippen LogP contribution in [0.3, 0.4) is 0 Å². The van der Waals surface area contributed by atoms with Crippen LogP contribution in [-0.4, -0.2) is 30.0 Å². The summed E-state index contributed by atoms with van der Waals surface area (Å²) in [6.07, 6.45) is -0.0608. The van der Waals surface area contributed by atoms with Crippen molar-refractivity contribution in [3.63, 3.8) is 0 Å². The minimum Gasteiger partial charge on any atom is -0.387 e. The van der Waals surface area contributed by atoms with Gasteiger partial charge in [0.15, 0.2) is 6.20 Å². The van der Waals surface area contributed by atoms with Crippen LogP contribution in [0, 0.1) is 10.1 Å². The summed E-state index contributed by atoms with van der Waals surface area (Å²) in [4.78, 5) is 13.0. The molecule has 2 aromatic rings. The SMILES string of the molecule is O=[N+]([O-])c1ccc(S(=O)(=O)NCC(O)c2ccsc2)cn1. The van der Waals surface area contributed by atoms with Crippen molar-refractivity contribution in [2.45, 2.75) is 11.0 Å². The Bertz CT molecular complexity index is 713. The van der Waals surface area contributed by atoms with Gasteiger partial charge in [-0.2, -0.15) is 11.3 Å². The highest BCUT2D eigenvalue weighted by molar-refractivity contribution is 7.89. The lowest BCUT2D eigenvalue weighted by molar-refractivity contribution is -0.389. The average molecular weight is 329 g/mol. The number of pyridine rings is 1. The van der Waals surface area contributed by atoms with Gasteiger partial charge in [0.05, 0.1) is 6.10 Å². The molecule has 0 bridgehead atoms. The fraction of sp³-hybridized carbons (Fsp3) is 0.182. The molecule has 2 heterocycles. The van der Waals surface area contributed by atoms with E-state index in [1.54, 1.807) is 16.8 Å². The molecule has 0 aromatic carbocycles. The summed E-state index contributed by atoms with van der Waals surface area (Å²) in [5.41, 5.74) is 0.615. The molecule has 0 saturated carbocycles. The highest BCUT2D eigenvalue weighted by atomic mass is 32.2. The molecular formula is C11H11N3O5S2. The third-order valence-electron chi connectivity index (χ3n) is 2.61. The van der Waals surface area contributed by atoms with Crippen LogP contribution in [0.1, 0.15) is 11.7 Å². The van der Waals surface area contributed by atoms with Gasteiger partial charge in [0.25, 0.3) is 0 Å². The van der Waals surface area contributed by atoms with Gasteiger partial charge < -0.3 is 15.2 Å². The zero-order valence-corrected chi connectivity index (χ0v) is 12.2. The first-order valence-corrected chi connectivity index (χ1v) is 8.13. The Morgan fingerprint density at radius 2 is 2.19 bits per heavy atom. The van der Waals surface area contributed by atoms with Crippen molar-refractivity contribution in [3.8, 4) is 0 Å². The van der Waals surface area contributed by atoms with E-state index < -0.39 is 26.9 Å². The van der Waals surface area contributed by atoms with E-state index in [0.29, 0.717) is 5.56 Å². The van der Waals surface area contributed by atoms with Gasteiger partial charge in [0.2, 0.25) is 10.0 Å². The number of sulfonamides is 1. The molecule has 10 heteroatoms. The second-order valence-corrected chi connectivity index (χ2v) is 6.58. The van der Waals surface area contributed by atoms with Crippen LogP contribution in [0.25, 0.3) is 0 Å². The number of aliphatic hydroxyl groups is 1. The molecule has 0 radical (unpaired) electrons. The lowest BCUT2D eigenvalue weighted by Gasteiger charge is -2.10. The zero-order valence-electron chi connectivity index (χ0n) is 10.5. The maximum absolute atomic E-state index is 12.0. The van der Waals surface area contributed by atoms with E-state index in [1.807, 2.05) is 0 Å². The predicted molar refractivity (Wildman–Crippen MR) is 75.4 cm³/mol. The van der Waals surface area contributed by atoms with Gasteiger partial charge in [-0.15, -0.1) is 0 Å². The van der Waals surface area contributed by atoms with Crippen LogP contribution >= 0.6 is 11.3 Å². The number of rotatable bonds is 6. The third kappa shape index (κ3) is 3.82. The van der Waals surface area contributed by atoms with Crippen molar-refractivity contribution in [2.24, 2.45) is 0 Å². The van der Waals surface area contributed by atoms with E-state index in [2.05, 4.69) is 9.71 Å². The summed E-state index contributed by atoms with van der Waals surface area (Å²) in [5, 5.41) is 23.8. The average Bonchev–Trinajstić information content (AvgIpc) is 2.99. The smallest absolute Gasteiger partial charge is 0.363 e. The lowest BCUT2D eigenvalue weighted by Crippen LogP contribution is -2.28. The van der Waals surface area contributed by atoms with Crippen LogP contribution < -0.4 is 4.72 Å². The van der Waals surface area contributed by atoms with Crippen LogP contribution in [0.2, 0.25) is 0 Å². The standard InChI is InChI=1S/C11H11N3O5S2/c15-10(8-3-4-20-7-8)6-13-21(18,19)9-1-2-11(12-5-9)14(16)17/h1-5,7,10,13,15H,6H2. The van der Waals surface area contributed by atoms with E-state index in [1.165, 1.54) is 11.3 Å². The predicted octanol–water partition coefficient (Wildman–Crippen LogP) is 1.06. The van der Waals surface area contributed by atoms with Crippen molar-refractivity contribution in [1.82, 2.24) is 9.71 Å². The van der Waals surface area contributed by atoms with Crippen molar-refractivity contribution < 1.29 is 18.4 Å². The molecule has 21 heavy (non-hydrogen) atoms. The second-order valence-electron chi connectivity index (χ2n) is 4.03. The molecule has 0 spiro atoms. The molecule has 0 aliphatic carbocycles. The number of hydrogen-bond donors (Lipinski definition) is 2. The maximum atomic E-state index is 12.0. The molecule has 112 valence electrons. The molecule has 1 unspecified atom stereocenters. The highest BCUT2D eigenvalue weighted by Crippen LogP contribution is 2.17. The van der Waals surface area contributed by atoms with Gasteiger partial charge in [-0.25, -0.2) is 13.1 Å². The quantitative estimate of drug-likeness (QED) is 0.603. The monoisotopic (exact) mass is 329 g/mol. The van der Waals surface area contributed by atoms with E-state index in [0.717, 1.165) is 18.3 Å². The molecule has 0 aliphatic rings. The molecule has 2 N–H and O–H groups in total. The van der Waals surface area contributed by atoms with Crippen molar-refractivity contribution in [1.29, 1.82) is 0 Å². The van der Waals surface area contributed by atoms with E-state index in [9.17, 15) is 23.6 Å². The number of nitrogens with one attached hydrogen (secondary N) is 1. The number of aromatic nitrogens is 1. The van der Waals surface area contributed by atoms with Crippen LogP contribution in [-0.2, 0) is 10.0 Å². The normalized spacial score (nSPS) is 13.0. The van der Waals surface area contributed by atoms with Crippen LogP contribution in [0.4, 0.5) is 5.82 Å². The van der Waals surface area contributed by atoms with Gasteiger partial charge in [-0.1, -0.05) is 0 Å². The molecule has 8 nitrogen and oxygen atoms in total. The fourth-order valence-corrected chi connectivity index (χ4v) is 3.18. The lowest BCUT2D eigenvalue weighted by atomic mass is 10.2. The Morgan fingerprint density at radius 3 is 2.71 bits per heavy atom. The highest BCUT2D eigenvalue weighted by Gasteiger charge is 2.19. The van der Waals surface area contributed by atoms with Gasteiger partial charge in [0, 0.05) is 12.6 Å². The van der Waals surface area contributed by atoms with Crippen molar-refractivity contribution in [3.05, 3.63) is 50.8 Å².